The molecule has 0 bridgehead atoms. The molecule has 5 nitrogen and oxygen atoms in total. The van der Waals surface area contributed by atoms with Crippen molar-refractivity contribution in [3.8, 4) is 0 Å². The topological polar surface area (TPSA) is 57.7 Å². The van der Waals surface area contributed by atoms with Crippen LogP contribution in [0.5, 0.6) is 0 Å². The molecule has 146 valence electrons. The zero-order valence-electron chi connectivity index (χ0n) is 15.4. The summed E-state index contributed by atoms with van der Waals surface area (Å²) in [5, 5.41) is 0.633. The minimum absolute atomic E-state index is 0.147. The van der Waals surface area contributed by atoms with Crippen molar-refractivity contribution < 1.29 is 14.4 Å². The number of ketones is 1. The van der Waals surface area contributed by atoms with Gasteiger partial charge in [-0.15, -0.1) is 0 Å². The molecule has 0 aromatic heterocycles. The van der Waals surface area contributed by atoms with Gasteiger partial charge in [0.2, 0.25) is 11.8 Å². The van der Waals surface area contributed by atoms with Crippen LogP contribution in [0.25, 0.3) is 6.08 Å². The molecule has 0 unspecified atom stereocenters. The lowest BCUT2D eigenvalue weighted by Gasteiger charge is -2.35. The van der Waals surface area contributed by atoms with E-state index in [1.807, 2.05) is 41.4 Å². The molecule has 0 radical (unpaired) electrons. The van der Waals surface area contributed by atoms with Crippen LogP contribution in [0.1, 0.15) is 24.1 Å². The summed E-state index contributed by atoms with van der Waals surface area (Å²) in [5.74, 6) is -2.35. The molecule has 2 amide bonds. The molecule has 5 rings (SSSR count). The highest BCUT2D eigenvalue weighted by Crippen LogP contribution is 2.53. The van der Waals surface area contributed by atoms with Gasteiger partial charge in [0, 0.05) is 11.2 Å². The van der Waals surface area contributed by atoms with Crippen molar-refractivity contribution in [3.63, 3.8) is 0 Å². The number of anilines is 1. The average Bonchev–Trinajstić information content (AvgIpc) is 3.17. The number of fused-ring (bicyclic) bond motifs is 5. The van der Waals surface area contributed by atoms with Gasteiger partial charge < -0.3 is 4.90 Å². The normalized spacial score (nSPS) is 27.1. The third-order valence-corrected chi connectivity index (χ3v) is 6.58. The fraction of sp³-hybridized carbons (Fsp3) is 0.227. The molecule has 29 heavy (non-hydrogen) atoms. The van der Waals surface area contributed by atoms with Gasteiger partial charge in [-0.25, -0.2) is 4.90 Å². The highest BCUT2D eigenvalue weighted by atomic mass is 35.5. The second-order valence-corrected chi connectivity index (χ2v) is 8.40. The maximum absolute atomic E-state index is 13.5. The predicted octanol–water partition coefficient (Wildman–Crippen LogP) is 4.10. The highest BCUT2D eigenvalue weighted by molar-refractivity contribution is 6.38. The summed E-state index contributed by atoms with van der Waals surface area (Å²) in [5.41, 5.74) is 2.18. The molecule has 2 aromatic carbocycles. The van der Waals surface area contributed by atoms with Crippen LogP contribution in [-0.2, 0) is 14.4 Å². The Morgan fingerprint density at radius 3 is 2.48 bits per heavy atom. The summed E-state index contributed by atoms with van der Waals surface area (Å²) in [7, 11) is 0. The molecular weight excluding hydrogens is 411 g/mol. The highest BCUT2D eigenvalue weighted by Gasteiger charge is 2.64. The van der Waals surface area contributed by atoms with Crippen molar-refractivity contribution in [3.05, 3.63) is 69.8 Å². The van der Waals surface area contributed by atoms with Gasteiger partial charge in [-0.1, -0.05) is 47.5 Å². The molecule has 3 heterocycles. The number of carbonyl (C=O) groups is 3. The monoisotopic (exact) mass is 426 g/mol. The Morgan fingerprint density at radius 1 is 1.00 bits per heavy atom. The van der Waals surface area contributed by atoms with E-state index in [0.717, 1.165) is 16.0 Å². The van der Waals surface area contributed by atoms with Crippen LogP contribution in [0.3, 0.4) is 0 Å². The first kappa shape index (κ1) is 18.4. The number of benzene rings is 2. The second-order valence-electron chi connectivity index (χ2n) is 7.55. The summed E-state index contributed by atoms with van der Waals surface area (Å²) in [6.07, 6.45) is 3.75. The number of Topliss-reactive ketones (excluding diaryl/α,β-unsaturated/α-hetero) is 1. The molecule has 7 heteroatoms. The largest absolute Gasteiger partial charge is 0.359 e. The van der Waals surface area contributed by atoms with Gasteiger partial charge in [-0.05, 0) is 42.3 Å². The number of carbonyl (C=O) groups excluding carboxylic acids is 3. The predicted molar refractivity (Wildman–Crippen MR) is 110 cm³/mol. The summed E-state index contributed by atoms with van der Waals surface area (Å²) >= 11 is 12.4. The van der Waals surface area contributed by atoms with Crippen molar-refractivity contribution in [2.24, 2.45) is 11.8 Å². The lowest BCUT2D eigenvalue weighted by Crippen LogP contribution is -2.43. The first-order valence-electron chi connectivity index (χ1n) is 9.28. The van der Waals surface area contributed by atoms with E-state index < -0.39 is 23.8 Å². The van der Waals surface area contributed by atoms with Crippen LogP contribution in [0.4, 0.5) is 5.69 Å². The van der Waals surface area contributed by atoms with Crippen LogP contribution in [-0.4, -0.2) is 28.5 Å². The lowest BCUT2D eigenvalue weighted by molar-refractivity contribution is -0.129. The van der Waals surface area contributed by atoms with E-state index in [0.29, 0.717) is 5.02 Å². The molecule has 4 atom stereocenters. The van der Waals surface area contributed by atoms with Gasteiger partial charge >= 0.3 is 0 Å². The third kappa shape index (κ3) is 2.51. The Hall–Kier alpha value is -2.63. The zero-order valence-corrected chi connectivity index (χ0v) is 16.9. The van der Waals surface area contributed by atoms with Crippen LogP contribution in [0.2, 0.25) is 10.0 Å². The maximum atomic E-state index is 13.5. The second kappa shape index (κ2) is 6.44. The molecule has 2 aromatic rings. The number of amides is 2. The van der Waals surface area contributed by atoms with Gasteiger partial charge in [-0.2, -0.15) is 0 Å². The standard InChI is InChI=1S/C22H16Cl2N2O3/c1-11(27)19-17-18(20-14-5-3-2-4-12(14)8-9-25(19)20)22(29)26(21(17)28)16-10-13(23)6-7-15(16)24/h2-10,17-20H,1H3/t17-,18+,19-,20+/m1/s1. The Balaban J connectivity index is 1.67. The summed E-state index contributed by atoms with van der Waals surface area (Å²) < 4.78 is 0. The van der Waals surface area contributed by atoms with Crippen LogP contribution >= 0.6 is 23.2 Å². The van der Waals surface area contributed by atoms with Gasteiger partial charge in [0.1, 0.15) is 0 Å². The van der Waals surface area contributed by atoms with Crippen molar-refractivity contribution in [1.29, 1.82) is 0 Å². The van der Waals surface area contributed by atoms with Gasteiger partial charge in [0.05, 0.1) is 34.6 Å². The Labute approximate surface area is 177 Å². The van der Waals surface area contributed by atoms with E-state index in [1.165, 1.54) is 13.0 Å². The van der Waals surface area contributed by atoms with E-state index in [9.17, 15) is 14.4 Å². The van der Waals surface area contributed by atoms with E-state index in [-0.39, 0.29) is 28.4 Å². The molecule has 0 aliphatic carbocycles. The number of hydrogen-bond donors (Lipinski definition) is 0. The van der Waals surface area contributed by atoms with Gasteiger partial charge in [0.25, 0.3) is 0 Å². The molecule has 0 spiro atoms. The van der Waals surface area contributed by atoms with Crippen molar-refractivity contribution in [1.82, 2.24) is 4.90 Å². The number of nitrogens with zero attached hydrogens (tertiary/aromatic N) is 2. The van der Waals surface area contributed by atoms with E-state index in [1.54, 1.807) is 12.1 Å². The number of rotatable bonds is 2. The average molecular weight is 427 g/mol. The van der Waals surface area contributed by atoms with E-state index >= 15 is 0 Å². The summed E-state index contributed by atoms with van der Waals surface area (Å²) in [4.78, 5) is 42.5. The molecule has 0 saturated carbocycles. The van der Waals surface area contributed by atoms with E-state index in [2.05, 4.69) is 0 Å². The zero-order chi connectivity index (χ0) is 20.4. The molecule has 3 aliphatic heterocycles. The SMILES string of the molecule is CC(=O)[C@@H]1[C@@H]2C(=O)N(c3cc(Cl)ccc3Cl)C(=O)[C@@H]2[C@@H]2c3ccccc3C=CN12. The van der Waals surface area contributed by atoms with Crippen molar-refractivity contribution in [2.75, 3.05) is 4.90 Å². The van der Waals surface area contributed by atoms with Crippen molar-refractivity contribution >= 4 is 52.6 Å². The minimum Gasteiger partial charge on any atom is -0.359 e. The van der Waals surface area contributed by atoms with Gasteiger partial charge in [-0.3, -0.25) is 14.4 Å². The number of hydrogen-bond acceptors (Lipinski definition) is 4. The number of halogens is 2. The third-order valence-electron chi connectivity index (χ3n) is 6.03. The summed E-state index contributed by atoms with van der Waals surface area (Å²) in [6.45, 7) is 1.46. The maximum Gasteiger partial charge on any atom is 0.240 e. The number of imide groups is 1. The molecule has 0 N–H and O–H groups in total. The summed E-state index contributed by atoms with van der Waals surface area (Å²) in [6, 6.07) is 11.3. The Morgan fingerprint density at radius 2 is 1.72 bits per heavy atom. The Kier molecular flexibility index (Phi) is 4.09. The minimum atomic E-state index is -0.768. The first-order chi connectivity index (χ1) is 13.9. The lowest BCUT2D eigenvalue weighted by atomic mass is 9.84. The first-order valence-corrected chi connectivity index (χ1v) is 10.0. The Bertz CT molecular complexity index is 1110. The molecular formula is C22H16Cl2N2O3. The molecule has 2 saturated heterocycles. The quantitative estimate of drug-likeness (QED) is 0.678. The fourth-order valence-corrected chi connectivity index (χ4v) is 5.28. The van der Waals surface area contributed by atoms with Crippen LogP contribution < -0.4 is 4.90 Å². The molecule has 2 fully saturated rings. The smallest absolute Gasteiger partial charge is 0.240 e. The van der Waals surface area contributed by atoms with Crippen LogP contribution in [0.15, 0.2) is 48.7 Å². The van der Waals surface area contributed by atoms with Gasteiger partial charge in [0.15, 0.2) is 5.78 Å². The van der Waals surface area contributed by atoms with Crippen molar-refractivity contribution in [2.45, 2.75) is 19.0 Å². The molecule has 3 aliphatic rings. The van der Waals surface area contributed by atoms with E-state index in [4.69, 9.17) is 23.2 Å². The van der Waals surface area contributed by atoms with Crippen LogP contribution in [0, 0.1) is 11.8 Å². The fourth-order valence-electron chi connectivity index (χ4n) is 4.92.